The normalized spacial score (nSPS) is 14.5. The molecule has 5 heteroatoms. The molecular formula is C23H25N3O2. The maximum atomic E-state index is 12.4. The van der Waals surface area contributed by atoms with E-state index in [-0.39, 0.29) is 23.1 Å². The highest BCUT2D eigenvalue weighted by Crippen LogP contribution is 2.26. The summed E-state index contributed by atoms with van der Waals surface area (Å²) < 4.78 is 0. The topological polar surface area (TPSA) is 85.2 Å². The van der Waals surface area contributed by atoms with Gasteiger partial charge in [0.15, 0.2) is 0 Å². The minimum atomic E-state index is -0.559. The molecule has 3 N–H and O–H groups in total. The summed E-state index contributed by atoms with van der Waals surface area (Å²) >= 11 is 0. The van der Waals surface area contributed by atoms with Gasteiger partial charge in [0.2, 0.25) is 0 Å². The number of carbonyl (C=O) groups excluding carboxylic acids is 1. The van der Waals surface area contributed by atoms with Crippen LogP contribution in [0.5, 0.6) is 5.75 Å². The molecule has 0 heterocycles. The number of aromatic hydroxyl groups is 1. The molecule has 2 aromatic carbocycles. The highest BCUT2D eigenvalue weighted by atomic mass is 16.3. The van der Waals surface area contributed by atoms with Crippen molar-refractivity contribution in [3.05, 3.63) is 70.9 Å². The molecule has 1 aliphatic rings. The van der Waals surface area contributed by atoms with Crippen molar-refractivity contribution < 1.29 is 9.90 Å². The Hall–Kier alpha value is -3.26. The first-order valence-corrected chi connectivity index (χ1v) is 9.69. The second kappa shape index (κ2) is 9.09. The van der Waals surface area contributed by atoms with Gasteiger partial charge in [0.25, 0.3) is 5.91 Å². The van der Waals surface area contributed by atoms with Gasteiger partial charge in [0, 0.05) is 6.20 Å². The third kappa shape index (κ3) is 4.52. The van der Waals surface area contributed by atoms with Gasteiger partial charge in [-0.2, -0.15) is 5.26 Å². The van der Waals surface area contributed by atoms with Gasteiger partial charge in [0.05, 0.1) is 11.7 Å². The number of fused-ring (bicyclic) bond motifs is 1. The number of benzene rings is 2. The number of anilines is 1. The summed E-state index contributed by atoms with van der Waals surface area (Å²) in [6.45, 7) is 2.07. The number of phenols is 1. The van der Waals surface area contributed by atoms with E-state index in [0.717, 1.165) is 24.8 Å². The predicted octanol–water partition coefficient (Wildman–Crippen LogP) is 4.36. The molecule has 0 spiro atoms. The SMILES string of the molecule is CCC(N/C=C(/C#N)C(=O)Nc1ccccc1O)c1ccc2c(c1)CCCC2. The van der Waals surface area contributed by atoms with E-state index in [4.69, 9.17) is 0 Å². The number of hydrogen-bond donors (Lipinski definition) is 3. The molecule has 0 saturated carbocycles. The molecule has 1 aliphatic carbocycles. The summed E-state index contributed by atoms with van der Waals surface area (Å²) in [6, 6.07) is 15.0. The number of aryl methyl sites for hydroxylation is 2. The number of rotatable bonds is 6. The average Bonchev–Trinajstić information content (AvgIpc) is 2.72. The number of nitrogens with zero attached hydrogens (tertiary/aromatic N) is 1. The third-order valence-corrected chi connectivity index (χ3v) is 5.13. The lowest BCUT2D eigenvalue weighted by Gasteiger charge is -2.21. The first kappa shape index (κ1) is 19.5. The van der Waals surface area contributed by atoms with Crippen LogP contribution < -0.4 is 10.6 Å². The second-order valence-corrected chi connectivity index (χ2v) is 7.00. The largest absolute Gasteiger partial charge is 0.506 e. The van der Waals surface area contributed by atoms with Crippen molar-refractivity contribution in [2.45, 2.75) is 45.1 Å². The predicted molar refractivity (Wildman–Crippen MR) is 110 cm³/mol. The quantitative estimate of drug-likeness (QED) is 0.398. The van der Waals surface area contributed by atoms with Gasteiger partial charge < -0.3 is 15.7 Å². The molecule has 0 aromatic heterocycles. The van der Waals surface area contributed by atoms with Gasteiger partial charge in [-0.1, -0.05) is 37.3 Å². The van der Waals surface area contributed by atoms with Gasteiger partial charge in [-0.25, -0.2) is 0 Å². The van der Waals surface area contributed by atoms with E-state index in [1.807, 2.05) is 6.07 Å². The Morgan fingerprint density at radius 3 is 2.68 bits per heavy atom. The van der Waals surface area contributed by atoms with Gasteiger partial charge >= 0.3 is 0 Å². The number of phenolic OH excluding ortho intramolecular Hbond substituents is 1. The molecule has 0 aliphatic heterocycles. The Balaban J connectivity index is 1.72. The van der Waals surface area contributed by atoms with Crippen LogP contribution >= 0.6 is 0 Å². The molecule has 0 bridgehead atoms. The maximum Gasteiger partial charge on any atom is 0.267 e. The standard InChI is InChI=1S/C23H25N3O2/c1-2-20(18-12-11-16-7-3-4-8-17(16)13-18)25-15-19(14-24)23(28)26-21-9-5-6-10-22(21)27/h5-6,9-13,15,20,25,27H,2-4,7-8H2,1H3,(H,26,28)/b19-15-. The van der Waals surface area contributed by atoms with Crippen LogP contribution in [0.2, 0.25) is 0 Å². The molecule has 3 rings (SSSR count). The van der Waals surface area contributed by atoms with Crippen LogP contribution in [0.3, 0.4) is 0 Å². The van der Waals surface area contributed by atoms with Crippen LogP contribution in [0.15, 0.2) is 54.2 Å². The Morgan fingerprint density at radius 1 is 1.21 bits per heavy atom. The third-order valence-electron chi connectivity index (χ3n) is 5.13. The van der Waals surface area contributed by atoms with Gasteiger partial charge in [-0.05, 0) is 60.9 Å². The molecule has 1 unspecified atom stereocenters. The first-order valence-electron chi connectivity index (χ1n) is 9.69. The number of amides is 1. The van der Waals surface area contributed by atoms with Crippen LogP contribution in [0.4, 0.5) is 5.69 Å². The van der Waals surface area contributed by atoms with Crippen LogP contribution in [0, 0.1) is 11.3 Å². The average molecular weight is 375 g/mol. The van der Waals surface area contributed by atoms with Gasteiger partial charge in [-0.3, -0.25) is 4.79 Å². The monoisotopic (exact) mass is 375 g/mol. The first-order chi connectivity index (χ1) is 13.6. The smallest absolute Gasteiger partial charge is 0.267 e. The Kier molecular flexibility index (Phi) is 6.33. The fraction of sp³-hybridized carbons (Fsp3) is 0.304. The van der Waals surface area contributed by atoms with E-state index in [2.05, 4.69) is 35.8 Å². The number of nitrogens with one attached hydrogen (secondary N) is 2. The van der Waals surface area contributed by atoms with Crippen LogP contribution in [0.1, 0.15) is 48.9 Å². The molecule has 0 radical (unpaired) electrons. The van der Waals surface area contributed by atoms with Crippen LogP contribution in [-0.4, -0.2) is 11.0 Å². The van der Waals surface area contributed by atoms with E-state index in [9.17, 15) is 15.2 Å². The molecular weight excluding hydrogens is 350 g/mol. The van der Waals surface area contributed by atoms with Crippen molar-refractivity contribution in [3.63, 3.8) is 0 Å². The Labute approximate surface area is 165 Å². The highest BCUT2D eigenvalue weighted by Gasteiger charge is 2.15. The lowest BCUT2D eigenvalue weighted by atomic mass is 9.89. The number of carbonyl (C=O) groups is 1. The fourth-order valence-corrected chi connectivity index (χ4v) is 3.52. The Morgan fingerprint density at radius 2 is 1.96 bits per heavy atom. The molecule has 28 heavy (non-hydrogen) atoms. The van der Waals surface area contributed by atoms with Crippen LogP contribution in [-0.2, 0) is 17.6 Å². The lowest BCUT2D eigenvalue weighted by Crippen LogP contribution is -2.20. The van der Waals surface area contributed by atoms with E-state index in [1.54, 1.807) is 18.2 Å². The van der Waals surface area contributed by atoms with Crippen molar-refractivity contribution in [1.82, 2.24) is 5.32 Å². The summed E-state index contributed by atoms with van der Waals surface area (Å²) in [7, 11) is 0. The van der Waals surface area contributed by atoms with Crippen molar-refractivity contribution in [2.75, 3.05) is 5.32 Å². The zero-order valence-electron chi connectivity index (χ0n) is 16.0. The molecule has 0 saturated heterocycles. The molecule has 2 aromatic rings. The number of hydrogen-bond acceptors (Lipinski definition) is 4. The zero-order chi connectivity index (χ0) is 19.9. The summed E-state index contributed by atoms with van der Waals surface area (Å²) in [5.74, 6) is -0.599. The minimum Gasteiger partial charge on any atom is -0.506 e. The number of para-hydroxylation sites is 2. The Bertz CT molecular complexity index is 928. The van der Waals surface area contributed by atoms with E-state index in [0.29, 0.717) is 0 Å². The molecule has 144 valence electrons. The number of nitriles is 1. The van der Waals surface area contributed by atoms with Gasteiger partial charge in [-0.15, -0.1) is 0 Å². The van der Waals surface area contributed by atoms with E-state index in [1.165, 1.54) is 36.2 Å². The second-order valence-electron chi connectivity index (χ2n) is 7.00. The summed E-state index contributed by atoms with van der Waals surface area (Å²) in [5.41, 5.74) is 4.23. The summed E-state index contributed by atoms with van der Waals surface area (Å²) in [6.07, 6.45) is 7.03. The highest BCUT2D eigenvalue weighted by molar-refractivity contribution is 6.07. The maximum absolute atomic E-state index is 12.4. The summed E-state index contributed by atoms with van der Waals surface area (Å²) in [5, 5.41) is 24.9. The molecule has 1 amide bonds. The van der Waals surface area contributed by atoms with Crippen molar-refractivity contribution in [2.24, 2.45) is 0 Å². The molecule has 5 nitrogen and oxygen atoms in total. The fourth-order valence-electron chi connectivity index (χ4n) is 3.52. The van der Waals surface area contributed by atoms with Crippen molar-refractivity contribution in [1.29, 1.82) is 5.26 Å². The lowest BCUT2D eigenvalue weighted by molar-refractivity contribution is -0.112. The van der Waals surface area contributed by atoms with Crippen LogP contribution in [0.25, 0.3) is 0 Å². The zero-order valence-corrected chi connectivity index (χ0v) is 16.0. The summed E-state index contributed by atoms with van der Waals surface area (Å²) in [4.78, 5) is 12.4. The van der Waals surface area contributed by atoms with E-state index < -0.39 is 5.91 Å². The van der Waals surface area contributed by atoms with Crippen molar-refractivity contribution >= 4 is 11.6 Å². The molecule has 1 atom stereocenters. The van der Waals surface area contributed by atoms with E-state index >= 15 is 0 Å². The van der Waals surface area contributed by atoms with Gasteiger partial charge in [0.1, 0.15) is 17.4 Å². The molecule has 0 fully saturated rings. The van der Waals surface area contributed by atoms with Crippen molar-refractivity contribution in [3.8, 4) is 11.8 Å². The minimum absolute atomic E-state index is 0.0218.